The third-order valence-electron chi connectivity index (χ3n) is 5.37. The second kappa shape index (κ2) is 9.43. The molecule has 1 amide bonds. The van der Waals surface area contributed by atoms with Crippen LogP contribution >= 0.6 is 11.8 Å². The number of anilines is 1. The molecule has 0 aliphatic carbocycles. The number of carbonyl (C=O) groups is 1. The van der Waals surface area contributed by atoms with E-state index in [1.807, 2.05) is 6.07 Å². The van der Waals surface area contributed by atoms with Gasteiger partial charge in [-0.1, -0.05) is 30.3 Å². The lowest BCUT2D eigenvalue weighted by molar-refractivity contribution is -0.113. The van der Waals surface area contributed by atoms with Crippen LogP contribution in [0.15, 0.2) is 63.4 Å². The van der Waals surface area contributed by atoms with E-state index < -0.39 is 10.0 Å². The third-order valence-corrected chi connectivity index (χ3v) is 8.31. The molecule has 0 bridgehead atoms. The molecule has 10 heteroatoms. The molecule has 1 fully saturated rings. The molecule has 168 valence electrons. The number of piperidine rings is 1. The van der Waals surface area contributed by atoms with E-state index in [1.165, 1.54) is 32.8 Å². The lowest BCUT2D eigenvalue weighted by atomic mass is 10.2. The number of amides is 1. The molecule has 0 radical (unpaired) electrons. The maximum absolute atomic E-state index is 12.7. The van der Waals surface area contributed by atoms with Gasteiger partial charge in [0.25, 0.3) is 5.56 Å². The molecule has 0 spiro atoms. The van der Waals surface area contributed by atoms with E-state index in [0.29, 0.717) is 34.8 Å². The van der Waals surface area contributed by atoms with Gasteiger partial charge in [-0.3, -0.25) is 14.2 Å². The van der Waals surface area contributed by atoms with E-state index in [4.69, 9.17) is 0 Å². The molecule has 0 unspecified atom stereocenters. The van der Waals surface area contributed by atoms with Gasteiger partial charge in [0.1, 0.15) is 0 Å². The molecule has 1 aromatic heterocycles. The highest BCUT2D eigenvalue weighted by molar-refractivity contribution is 7.99. The van der Waals surface area contributed by atoms with Crippen molar-refractivity contribution in [2.24, 2.45) is 7.05 Å². The SMILES string of the molecule is Cn1c(SCC(=O)Nc2ccc(S(=O)(=O)N3CCCCC3)cc2)nc2ccccc2c1=O. The number of sulfonamides is 1. The molecule has 0 atom stereocenters. The highest BCUT2D eigenvalue weighted by Crippen LogP contribution is 2.22. The Morgan fingerprint density at radius 1 is 1.06 bits per heavy atom. The van der Waals surface area contributed by atoms with Gasteiger partial charge >= 0.3 is 0 Å². The van der Waals surface area contributed by atoms with Gasteiger partial charge in [-0.15, -0.1) is 0 Å². The monoisotopic (exact) mass is 472 g/mol. The highest BCUT2D eigenvalue weighted by atomic mass is 32.2. The maximum atomic E-state index is 12.7. The van der Waals surface area contributed by atoms with Crippen molar-refractivity contribution >= 4 is 44.3 Å². The topological polar surface area (TPSA) is 101 Å². The fraction of sp³-hybridized carbons (Fsp3) is 0.318. The number of carbonyl (C=O) groups excluding carboxylic acids is 1. The van der Waals surface area contributed by atoms with E-state index in [1.54, 1.807) is 37.4 Å². The molecular weight excluding hydrogens is 448 g/mol. The molecule has 1 N–H and O–H groups in total. The van der Waals surface area contributed by atoms with Crippen LogP contribution < -0.4 is 10.9 Å². The second-order valence-electron chi connectivity index (χ2n) is 7.60. The predicted octanol–water partition coefficient (Wildman–Crippen LogP) is 2.84. The van der Waals surface area contributed by atoms with Crippen LogP contribution in [0.1, 0.15) is 19.3 Å². The minimum Gasteiger partial charge on any atom is -0.325 e. The zero-order chi connectivity index (χ0) is 22.7. The zero-order valence-corrected chi connectivity index (χ0v) is 19.3. The number of hydrogen-bond donors (Lipinski definition) is 1. The Morgan fingerprint density at radius 3 is 2.47 bits per heavy atom. The number of nitrogens with one attached hydrogen (secondary N) is 1. The number of nitrogens with zero attached hydrogens (tertiary/aromatic N) is 3. The van der Waals surface area contributed by atoms with Gasteiger partial charge in [-0.25, -0.2) is 13.4 Å². The molecule has 2 aromatic carbocycles. The first-order chi connectivity index (χ1) is 15.4. The smallest absolute Gasteiger partial charge is 0.261 e. The van der Waals surface area contributed by atoms with Gasteiger partial charge in [0, 0.05) is 25.8 Å². The van der Waals surface area contributed by atoms with Gasteiger partial charge in [0.2, 0.25) is 15.9 Å². The van der Waals surface area contributed by atoms with Gasteiger partial charge in [-0.2, -0.15) is 4.31 Å². The number of para-hydroxylation sites is 1. The fourth-order valence-electron chi connectivity index (χ4n) is 3.62. The maximum Gasteiger partial charge on any atom is 0.261 e. The Bertz CT molecular complexity index is 1300. The summed E-state index contributed by atoms with van der Waals surface area (Å²) in [6.07, 6.45) is 2.81. The van der Waals surface area contributed by atoms with Crippen LogP contribution in [-0.4, -0.2) is 47.0 Å². The van der Waals surface area contributed by atoms with Gasteiger partial charge in [-0.05, 0) is 49.2 Å². The van der Waals surface area contributed by atoms with Crippen LogP contribution in [0, 0.1) is 0 Å². The van der Waals surface area contributed by atoms with Crippen molar-refractivity contribution < 1.29 is 13.2 Å². The summed E-state index contributed by atoms with van der Waals surface area (Å²) in [4.78, 5) is 29.6. The van der Waals surface area contributed by atoms with Crippen molar-refractivity contribution in [3.63, 3.8) is 0 Å². The Balaban J connectivity index is 1.40. The van der Waals surface area contributed by atoms with E-state index in [2.05, 4.69) is 10.3 Å². The minimum absolute atomic E-state index is 0.0620. The quantitative estimate of drug-likeness (QED) is 0.437. The van der Waals surface area contributed by atoms with Gasteiger partial charge in [0.05, 0.1) is 21.6 Å². The molecule has 8 nitrogen and oxygen atoms in total. The number of hydrogen-bond acceptors (Lipinski definition) is 6. The van der Waals surface area contributed by atoms with Crippen molar-refractivity contribution in [1.82, 2.24) is 13.9 Å². The van der Waals surface area contributed by atoms with Crippen molar-refractivity contribution in [1.29, 1.82) is 0 Å². The first-order valence-electron chi connectivity index (χ1n) is 10.3. The molecule has 4 rings (SSSR count). The summed E-state index contributed by atoms with van der Waals surface area (Å²) < 4.78 is 28.4. The average Bonchev–Trinajstić information content (AvgIpc) is 2.81. The van der Waals surface area contributed by atoms with Crippen LogP contribution in [0.25, 0.3) is 10.9 Å². The summed E-state index contributed by atoms with van der Waals surface area (Å²) in [6, 6.07) is 13.3. The zero-order valence-electron chi connectivity index (χ0n) is 17.7. The lowest BCUT2D eigenvalue weighted by Crippen LogP contribution is -2.35. The average molecular weight is 473 g/mol. The lowest BCUT2D eigenvalue weighted by Gasteiger charge is -2.25. The van der Waals surface area contributed by atoms with Crippen LogP contribution in [0.3, 0.4) is 0 Å². The Hall–Kier alpha value is -2.69. The molecule has 1 aliphatic rings. The van der Waals surface area contributed by atoms with Crippen LogP contribution in [0.4, 0.5) is 5.69 Å². The largest absolute Gasteiger partial charge is 0.325 e. The fourth-order valence-corrected chi connectivity index (χ4v) is 5.91. The first kappa shape index (κ1) is 22.5. The molecule has 1 aliphatic heterocycles. The number of benzene rings is 2. The Labute approximate surface area is 190 Å². The summed E-state index contributed by atoms with van der Waals surface area (Å²) in [7, 11) is -1.88. The van der Waals surface area contributed by atoms with E-state index in [0.717, 1.165) is 19.3 Å². The van der Waals surface area contributed by atoms with E-state index >= 15 is 0 Å². The summed E-state index contributed by atoms with van der Waals surface area (Å²) >= 11 is 1.17. The standard InChI is InChI=1S/C22H24N4O4S2/c1-25-21(28)18-7-3-4-8-19(18)24-22(25)31-15-20(27)23-16-9-11-17(12-10-16)32(29,30)26-13-5-2-6-14-26/h3-4,7-12H,2,5-6,13-15H2,1H3,(H,23,27). The van der Waals surface area contributed by atoms with Crippen molar-refractivity contribution in [3.05, 3.63) is 58.9 Å². The number of thioether (sulfide) groups is 1. The van der Waals surface area contributed by atoms with Crippen molar-refractivity contribution in [2.75, 3.05) is 24.2 Å². The van der Waals surface area contributed by atoms with Crippen molar-refractivity contribution in [3.8, 4) is 0 Å². The number of rotatable bonds is 6. The van der Waals surface area contributed by atoms with Crippen LogP contribution in [-0.2, 0) is 21.9 Å². The summed E-state index contributed by atoms with van der Waals surface area (Å²) in [5.74, 6) is -0.212. The van der Waals surface area contributed by atoms with Crippen molar-refractivity contribution in [2.45, 2.75) is 29.3 Å². The first-order valence-corrected chi connectivity index (χ1v) is 12.8. The minimum atomic E-state index is -3.50. The van der Waals surface area contributed by atoms with Gasteiger partial charge < -0.3 is 5.32 Å². The summed E-state index contributed by atoms with van der Waals surface area (Å²) in [5, 5.41) is 3.74. The molecule has 32 heavy (non-hydrogen) atoms. The summed E-state index contributed by atoms with van der Waals surface area (Å²) in [6.45, 7) is 1.09. The van der Waals surface area contributed by atoms with E-state index in [9.17, 15) is 18.0 Å². The Morgan fingerprint density at radius 2 is 1.75 bits per heavy atom. The van der Waals surface area contributed by atoms with E-state index in [-0.39, 0.29) is 22.1 Å². The third kappa shape index (κ3) is 4.72. The molecule has 2 heterocycles. The molecule has 1 saturated heterocycles. The van der Waals surface area contributed by atoms with Crippen LogP contribution in [0.5, 0.6) is 0 Å². The van der Waals surface area contributed by atoms with Crippen LogP contribution in [0.2, 0.25) is 0 Å². The Kier molecular flexibility index (Phi) is 6.63. The highest BCUT2D eigenvalue weighted by Gasteiger charge is 2.25. The second-order valence-corrected chi connectivity index (χ2v) is 10.5. The predicted molar refractivity (Wildman–Crippen MR) is 125 cm³/mol. The summed E-state index contributed by atoms with van der Waals surface area (Å²) in [5.41, 5.74) is 0.932. The number of fused-ring (bicyclic) bond motifs is 1. The van der Waals surface area contributed by atoms with Gasteiger partial charge in [0.15, 0.2) is 5.16 Å². The molecular formula is C22H24N4O4S2. The normalized spacial score (nSPS) is 15.0. The number of aromatic nitrogens is 2. The molecule has 3 aromatic rings. The molecule has 0 saturated carbocycles.